The first-order valence-electron chi connectivity index (χ1n) is 7.31. The van der Waals surface area contributed by atoms with Gasteiger partial charge in [-0.2, -0.15) is 0 Å². The molecule has 2 aromatic rings. The lowest BCUT2D eigenvalue weighted by Crippen LogP contribution is -2.06. The van der Waals surface area contributed by atoms with E-state index in [-0.39, 0.29) is 23.9 Å². The number of hydrogen-bond donors (Lipinski definition) is 0. The SMILES string of the molecule is CC(=O)COc1cc(C)c2c(c1)O/C(=C\c1ccccc1)C2=O. The standard InChI is InChI=1S/C19H16O4/c1-12-8-15(22-11-13(2)20)10-16-18(12)19(21)17(23-16)9-14-6-4-3-5-7-14/h3-10H,11H2,1-2H3/b17-9-. The van der Waals surface area contributed by atoms with Crippen molar-refractivity contribution in [3.05, 3.63) is 64.9 Å². The highest BCUT2D eigenvalue weighted by atomic mass is 16.5. The van der Waals surface area contributed by atoms with Gasteiger partial charge >= 0.3 is 0 Å². The summed E-state index contributed by atoms with van der Waals surface area (Å²) in [6.45, 7) is 3.28. The van der Waals surface area contributed by atoms with Crippen molar-refractivity contribution in [2.75, 3.05) is 6.61 Å². The van der Waals surface area contributed by atoms with Crippen LogP contribution in [0.15, 0.2) is 48.2 Å². The molecule has 116 valence electrons. The van der Waals surface area contributed by atoms with Crippen LogP contribution < -0.4 is 9.47 Å². The van der Waals surface area contributed by atoms with Crippen LogP contribution in [0.25, 0.3) is 6.08 Å². The van der Waals surface area contributed by atoms with Crippen molar-refractivity contribution in [2.24, 2.45) is 0 Å². The van der Waals surface area contributed by atoms with E-state index in [1.807, 2.05) is 37.3 Å². The molecule has 1 heterocycles. The topological polar surface area (TPSA) is 52.6 Å². The molecule has 1 aliphatic rings. The molecule has 0 unspecified atom stereocenters. The minimum absolute atomic E-state index is 0.00111. The lowest BCUT2D eigenvalue weighted by Gasteiger charge is -2.07. The maximum Gasteiger partial charge on any atom is 0.232 e. The molecule has 0 spiro atoms. The molecule has 0 radical (unpaired) electrons. The number of ether oxygens (including phenoxy) is 2. The first kappa shape index (κ1) is 15.0. The van der Waals surface area contributed by atoms with E-state index in [1.165, 1.54) is 6.92 Å². The Kier molecular flexibility index (Phi) is 3.98. The Bertz CT molecular complexity index is 804. The van der Waals surface area contributed by atoms with E-state index in [0.29, 0.717) is 17.1 Å². The van der Waals surface area contributed by atoms with Crippen molar-refractivity contribution in [3.8, 4) is 11.5 Å². The van der Waals surface area contributed by atoms with E-state index in [0.717, 1.165) is 11.1 Å². The average molecular weight is 308 g/mol. The summed E-state index contributed by atoms with van der Waals surface area (Å²) in [5.41, 5.74) is 2.21. The van der Waals surface area contributed by atoms with Crippen LogP contribution in [0.5, 0.6) is 11.5 Å². The summed E-state index contributed by atoms with van der Waals surface area (Å²) in [5.74, 6) is 1.07. The number of aryl methyl sites for hydroxylation is 1. The second-order valence-electron chi connectivity index (χ2n) is 5.45. The van der Waals surface area contributed by atoms with Crippen LogP contribution in [0.3, 0.4) is 0 Å². The van der Waals surface area contributed by atoms with Gasteiger partial charge in [0.2, 0.25) is 5.78 Å². The fraction of sp³-hybridized carbons (Fsp3) is 0.158. The molecule has 0 bridgehead atoms. The van der Waals surface area contributed by atoms with E-state index >= 15 is 0 Å². The zero-order chi connectivity index (χ0) is 16.4. The van der Waals surface area contributed by atoms with Crippen molar-refractivity contribution in [1.29, 1.82) is 0 Å². The molecule has 0 fully saturated rings. The van der Waals surface area contributed by atoms with Gasteiger partial charge in [-0.3, -0.25) is 9.59 Å². The fourth-order valence-corrected chi connectivity index (χ4v) is 2.45. The van der Waals surface area contributed by atoms with Crippen molar-refractivity contribution in [3.63, 3.8) is 0 Å². The molecular weight excluding hydrogens is 292 g/mol. The van der Waals surface area contributed by atoms with Crippen LogP contribution in [0.2, 0.25) is 0 Å². The summed E-state index contributed by atoms with van der Waals surface area (Å²) in [6, 6.07) is 12.9. The molecule has 0 aliphatic carbocycles. The van der Waals surface area contributed by atoms with Crippen molar-refractivity contribution < 1.29 is 19.1 Å². The quantitative estimate of drug-likeness (QED) is 0.810. The number of carbonyl (C=O) groups excluding carboxylic acids is 2. The van der Waals surface area contributed by atoms with Crippen LogP contribution in [-0.2, 0) is 4.79 Å². The Morgan fingerprint density at radius 2 is 1.96 bits per heavy atom. The first-order valence-corrected chi connectivity index (χ1v) is 7.31. The maximum atomic E-state index is 12.5. The van der Waals surface area contributed by atoms with Crippen LogP contribution in [0, 0.1) is 6.92 Å². The Morgan fingerprint density at radius 1 is 1.22 bits per heavy atom. The van der Waals surface area contributed by atoms with Gasteiger partial charge < -0.3 is 9.47 Å². The predicted molar refractivity (Wildman–Crippen MR) is 86.7 cm³/mol. The monoisotopic (exact) mass is 308 g/mol. The summed E-state index contributed by atoms with van der Waals surface area (Å²) in [7, 11) is 0. The van der Waals surface area contributed by atoms with E-state index in [2.05, 4.69) is 0 Å². The predicted octanol–water partition coefficient (Wildman–Crippen LogP) is 3.58. The molecule has 1 aliphatic heterocycles. The summed E-state index contributed by atoms with van der Waals surface area (Å²) < 4.78 is 11.1. The Morgan fingerprint density at radius 3 is 2.65 bits per heavy atom. The third kappa shape index (κ3) is 3.16. The van der Waals surface area contributed by atoms with Gasteiger partial charge in [-0.05, 0) is 37.1 Å². The lowest BCUT2D eigenvalue weighted by atomic mass is 10.0. The zero-order valence-electron chi connectivity index (χ0n) is 13.0. The molecule has 4 heteroatoms. The third-order valence-electron chi connectivity index (χ3n) is 3.48. The second kappa shape index (κ2) is 6.08. The highest BCUT2D eigenvalue weighted by Gasteiger charge is 2.29. The number of Topliss-reactive ketones (excluding diaryl/α,β-unsaturated/α-hetero) is 2. The Labute approximate surface area is 134 Å². The normalized spacial score (nSPS) is 14.5. The second-order valence-corrected chi connectivity index (χ2v) is 5.45. The molecule has 0 atom stereocenters. The van der Waals surface area contributed by atoms with Crippen LogP contribution >= 0.6 is 0 Å². The van der Waals surface area contributed by atoms with Gasteiger partial charge in [-0.1, -0.05) is 30.3 Å². The Balaban J connectivity index is 1.91. The average Bonchev–Trinajstić information content (AvgIpc) is 2.83. The smallest absolute Gasteiger partial charge is 0.232 e. The number of benzene rings is 2. The number of carbonyl (C=O) groups is 2. The third-order valence-corrected chi connectivity index (χ3v) is 3.48. The molecule has 2 aromatic carbocycles. The molecule has 4 nitrogen and oxygen atoms in total. The molecular formula is C19H16O4. The van der Waals surface area contributed by atoms with Gasteiger partial charge in [-0.15, -0.1) is 0 Å². The van der Waals surface area contributed by atoms with Crippen molar-refractivity contribution in [2.45, 2.75) is 13.8 Å². The summed E-state index contributed by atoms with van der Waals surface area (Å²) in [6.07, 6.45) is 1.72. The van der Waals surface area contributed by atoms with Gasteiger partial charge in [0, 0.05) is 6.07 Å². The van der Waals surface area contributed by atoms with Gasteiger partial charge in [0.1, 0.15) is 18.1 Å². The minimum Gasteiger partial charge on any atom is -0.486 e. The highest BCUT2D eigenvalue weighted by Crippen LogP contribution is 2.37. The molecule has 0 saturated heterocycles. The lowest BCUT2D eigenvalue weighted by molar-refractivity contribution is -0.118. The summed E-state index contributed by atoms with van der Waals surface area (Å²) in [4.78, 5) is 23.5. The summed E-state index contributed by atoms with van der Waals surface area (Å²) >= 11 is 0. The van der Waals surface area contributed by atoms with Gasteiger partial charge in [0.25, 0.3) is 0 Å². The molecule has 0 amide bonds. The number of fused-ring (bicyclic) bond motifs is 1. The fourth-order valence-electron chi connectivity index (χ4n) is 2.45. The number of ketones is 2. The molecule has 0 saturated carbocycles. The maximum absolute atomic E-state index is 12.5. The van der Waals surface area contributed by atoms with E-state index in [4.69, 9.17) is 9.47 Å². The highest BCUT2D eigenvalue weighted by molar-refractivity contribution is 6.15. The van der Waals surface area contributed by atoms with E-state index in [1.54, 1.807) is 18.2 Å². The van der Waals surface area contributed by atoms with Crippen LogP contribution in [0.1, 0.15) is 28.4 Å². The van der Waals surface area contributed by atoms with Gasteiger partial charge in [0.15, 0.2) is 11.5 Å². The van der Waals surface area contributed by atoms with Crippen LogP contribution in [-0.4, -0.2) is 18.2 Å². The molecule has 0 aromatic heterocycles. The zero-order valence-corrected chi connectivity index (χ0v) is 13.0. The molecule has 0 N–H and O–H groups in total. The van der Waals surface area contributed by atoms with Gasteiger partial charge in [0.05, 0.1) is 5.56 Å². The van der Waals surface area contributed by atoms with Gasteiger partial charge in [-0.25, -0.2) is 0 Å². The van der Waals surface area contributed by atoms with E-state index in [9.17, 15) is 9.59 Å². The van der Waals surface area contributed by atoms with E-state index < -0.39 is 0 Å². The Hall–Kier alpha value is -2.88. The molecule has 23 heavy (non-hydrogen) atoms. The molecule has 3 rings (SSSR count). The minimum atomic E-state index is -0.139. The largest absolute Gasteiger partial charge is 0.486 e. The number of rotatable bonds is 4. The number of allylic oxidation sites excluding steroid dienone is 1. The number of hydrogen-bond acceptors (Lipinski definition) is 4. The summed E-state index contributed by atoms with van der Waals surface area (Å²) in [5, 5.41) is 0. The van der Waals surface area contributed by atoms with Crippen molar-refractivity contribution in [1.82, 2.24) is 0 Å². The van der Waals surface area contributed by atoms with Crippen molar-refractivity contribution >= 4 is 17.6 Å². The first-order chi connectivity index (χ1) is 11.0. The van der Waals surface area contributed by atoms with Crippen LogP contribution in [0.4, 0.5) is 0 Å².